The Morgan fingerprint density at radius 3 is 2.40 bits per heavy atom. The van der Waals surface area contributed by atoms with Crippen LogP contribution in [0.4, 0.5) is 5.13 Å². The summed E-state index contributed by atoms with van der Waals surface area (Å²) in [5.41, 5.74) is 0. The van der Waals surface area contributed by atoms with Gasteiger partial charge in [0.1, 0.15) is 0 Å². The minimum Gasteiger partial charge on any atom is -0.359 e. The molecule has 1 aromatic rings. The third-order valence-electron chi connectivity index (χ3n) is 3.02. The fraction of sp³-hybridized carbons (Fsp3) is 0.667. The number of sulfonamides is 2. The molecule has 1 aliphatic heterocycles. The van der Waals surface area contributed by atoms with Crippen molar-refractivity contribution in [3.8, 4) is 0 Å². The fourth-order valence-corrected chi connectivity index (χ4v) is 4.37. The zero-order valence-electron chi connectivity index (χ0n) is 10.8. The highest BCUT2D eigenvalue weighted by atomic mass is 32.2. The minimum atomic E-state index is -3.72. The van der Waals surface area contributed by atoms with E-state index in [0.717, 1.165) is 11.3 Å². The molecular weight excluding hydrogens is 324 g/mol. The van der Waals surface area contributed by atoms with E-state index in [1.54, 1.807) is 0 Å². The maximum Gasteiger partial charge on any atom is 0.249 e. The molecular formula is C9H16N4O4S3. The van der Waals surface area contributed by atoms with E-state index >= 15 is 0 Å². The number of aromatic nitrogens is 1. The van der Waals surface area contributed by atoms with Crippen molar-refractivity contribution in [1.82, 2.24) is 9.29 Å². The molecule has 2 heterocycles. The van der Waals surface area contributed by atoms with Crippen LogP contribution in [0.2, 0.25) is 0 Å². The average Bonchev–Trinajstić information content (AvgIpc) is 2.77. The van der Waals surface area contributed by atoms with Crippen LogP contribution >= 0.6 is 11.3 Å². The van der Waals surface area contributed by atoms with Crippen molar-refractivity contribution in [1.29, 1.82) is 0 Å². The second kappa shape index (κ2) is 5.56. The monoisotopic (exact) mass is 340 g/mol. The van der Waals surface area contributed by atoms with Crippen LogP contribution in [0.5, 0.6) is 0 Å². The molecule has 0 bridgehead atoms. The van der Waals surface area contributed by atoms with Gasteiger partial charge in [0.15, 0.2) is 9.34 Å². The molecule has 0 aromatic carbocycles. The van der Waals surface area contributed by atoms with Crippen LogP contribution in [0.3, 0.4) is 0 Å². The molecule has 2 rings (SSSR count). The summed E-state index contributed by atoms with van der Waals surface area (Å²) in [5, 5.41) is 8.60. The third-order valence-corrected chi connectivity index (χ3v) is 6.66. The largest absolute Gasteiger partial charge is 0.359 e. The average molecular weight is 340 g/mol. The molecule has 0 unspecified atom stereocenters. The van der Waals surface area contributed by atoms with E-state index in [2.05, 4.69) is 10.3 Å². The van der Waals surface area contributed by atoms with E-state index in [4.69, 9.17) is 5.14 Å². The van der Waals surface area contributed by atoms with Crippen molar-refractivity contribution in [3.05, 3.63) is 6.20 Å². The molecule has 0 aliphatic carbocycles. The highest BCUT2D eigenvalue weighted by Gasteiger charge is 2.25. The highest BCUT2D eigenvalue weighted by Crippen LogP contribution is 2.24. The lowest BCUT2D eigenvalue weighted by atomic mass is 10.1. The summed E-state index contributed by atoms with van der Waals surface area (Å²) in [4.78, 5) is 3.96. The van der Waals surface area contributed by atoms with Crippen LogP contribution < -0.4 is 10.5 Å². The number of piperidine rings is 1. The molecule has 0 spiro atoms. The minimum absolute atomic E-state index is 0.00794. The molecule has 3 N–H and O–H groups in total. The van der Waals surface area contributed by atoms with Crippen molar-refractivity contribution in [2.45, 2.75) is 23.1 Å². The predicted molar refractivity (Wildman–Crippen MR) is 76.5 cm³/mol. The van der Waals surface area contributed by atoms with Crippen LogP contribution in [-0.2, 0) is 20.0 Å². The number of nitrogens with two attached hydrogens (primary N) is 1. The second-order valence-electron chi connectivity index (χ2n) is 4.61. The Bertz CT molecular complexity index is 674. The Morgan fingerprint density at radius 1 is 1.35 bits per heavy atom. The van der Waals surface area contributed by atoms with Crippen molar-refractivity contribution in [2.75, 3.05) is 24.7 Å². The Kier molecular flexibility index (Phi) is 4.35. The van der Waals surface area contributed by atoms with Gasteiger partial charge in [-0.25, -0.2) is 31.3 Å². The van der Waals surface area contributed by atoms with E-state index in [-0.39, 0.29) is 10.3 Å². The standard InChI is InChI=1S/C9H16N4O4S3/c1-19(14,15)13-4-2-7(3-5-13)12-9-11-6-8(18-9)20(10,16)17/h6-7H,2-5H2,1H3,(H,11,12)(H2,10,16,17). The van der Waals surface area contributed by atoms with Gasteiger partial charge >= 0.3 is 0 Å². The molecule has 0 radical (unpaired) electrons. The van der Waals surface area contributed by atoms with Gasteiger partial charge in [-0.15, -0.1) is 0 Å². The SMILES string of the molecule is CS(=O)(=O)N1CCC(Nc2ncc(S(N)(=O)=O)s2)CC1. The Morgan fingerprint density at radius 2 is 1.95 bits per heavy atom. The first-order valence-corrected chi connectivity index (χ1v) is 10.1. The lowest BCUT2D eigenvalue weighted by Gasteiger charge is -2.30. The zero-order valence-corrected chi connectivity index (χ0v) is 13.3. The summed E-state index contributed by atoms with van der Waals surface area (Å²) in [5.74, 6) is 0. The smallest absolute Gasteiger partial charge is 0.249 e. The van der Waals surface area contributed by atoms with Gasteiger partial charge in [-0.3, -0.25) is 0 Å². The van der Waals surface area contributed by atoms with E-state index in [1.807, 2.05) is 0 Å². The van der Waals surface area contributed by atoms with Crippen molar-refractivity contribution < 1.29 is 16.8 Å². The molecule has 0 amide bonds. The van der Waals surface area contributed by atoms with E-state index in [1.165, 1.54) is 16.8 Å². The summed E-state index contributed by atoms with van der Waals surface area (Å²) in [6.45, 7) is 0.897. The third kappa shape index (κ3) is 3.88. The van der Waals surface area contributed by atoms with Crippen molar-refractivity contribution in [3.63, 3.8) is 0 Å². The van der Waals surface area contributed by atoms with Crippen LogP contribution in [0, 0.1) is 0 Å². The van der Waals surface area contributed by atoms with Gasteiger partial charge in [0.25, 0.3) is 0 Å². The van der Waals surface area contributed by atoms with Gasteiger partial charge in [-0.2, -0.15) is 0 Å². The normalized spacial score (nSPS) is 19.1. The number of hydrogen-bond donors (Lipinski definition) is 2. The van der Waals surface area contributed by atoms with E-state index in [0.29, 0.717) is 31.1 Å². The molecule has 1 aromatic heterocycles. The topological polar surface area (TPSA) is 122 Å². The highest BCUT2D eigenvalue weighted by molar-refractivity contribution is 7.91. The summed E-state index contributed by atoms with van der Waals surface area (Å²) >= 11 is 0.973. The van der Waals surface area contributed by atoms with Gasteiger partial charge in [0, 0.05) is 19.1 Å². The van der Waals surface area contributed by atoms with E-state index < -0.39 is 20.0 Å². The molecule has 1 aliphatic rings. The predicted octanol–water partition coefficient (Wildman–Crippen LogP) is -0.374. The first-order chi connectivity index (χ1) is 9.16. The molecule has 0 saturated carbocycles. The maximum absolute atomic E-state index is 11.4. The molecule has 11 heteroatoms. The number of hydrogen-bond acceptors (Lipinski definition) is 7. The number of nitrogens with one attached hydrogen (secondary N) is 1. The lowest BCUT2D eigenvalue weighted by molar-refractivity contribution is 0.332. The fourth-order valence-electron chi connectivity index (χ4n) is 1.96. The summed E-state index contributed by atoms with van der Waals surface area (Å²) in [7, 11) is -6.86. The molecule has 0 atom stereocenters. The van der Waals surface area contributed by atoms with Gasteiger partial charge in [-0.1, -0.05) is 11.3 Å². The number of primary sulfonamides is 1. The number of anilines is 1. The van der Waals surface area contributed by atoms with Crippen LogP contribution in [0.25, 0.3) is 0 Å². The van der Waals surface area contributed by atoms with Crippen LogP contribution in [0.1, 0.15) is 12.8 Å². The van der Waals surface area contributed by atoms with Gasteiger partial charge in [0.05, 0.1) is 12.5 Å². The number of rotatable bonds is 4. The van der Waals surface area contributed by atoms with Gasteiger partial charge < -0.3 is 5.32 Å². The zero-order chi connectivity index (χ0) is 15.0. The van der Waals surface area contributed by atoms with Crippen LogP contribution in [-0.4, -0.2) is 51.5 Å². The Labute approximate surface area is 122 Å². The summed E-state index contributed by atoms with van der Waals surface area (Å²) in [6, 6.07) is 0.0764. The molecule has 8 nitrogen and oxygen atoms in total. The quantitative estimate of drug-likeness (QED) is 0.771. The number of thiazole rings is 1. The Balaban J connectivity index is 1.95. The number of nitrogens with zero attached hydrogens (tertiary/aromatic N) is 2. The maximum atomic E-state index is 11.4. The van der Waals surface area contributed by atoms with Crippen molar-refractivity contribution >= 4 is 36.5 Å². The molecule has 1 fully saturated rings. The lowest BCUT2D eigenvalue weighted by Crippen LogP contribution is -2.41. The summed E-state index contributed by atoms with van der Waals surface area (Å²) < 4.78 is 46.5. The first kappa shape index (κ1) is 15.6. The second-order valence-corrected chi connectivity index (χ2v) is 9.41. The van der Waals surface area contributed by atoms with Gasteiger partial charge in [0.2, 0.25) is 20.0 Å². The Hall–Kier alpha value is -0.750. The van der Waals surface area contributed by atoms with E-state index in [9.17, 15) is 16.8 Å². The molecule has 114 valence electrons. The van der Waals surface area contributed by atoms with Crippen LogP contribution in [0.15, 0.2) is 10.4 Å². The van der Waals surface area contributed by atoms with Crippen molar-refractivity contribution in [2.24, 2.45) is 5.14 Å². The molecule has 1 saturated heterocycles. The molecule has 20 heavy (non-hydrogen) atoms. The first-order valence-electron chi connectivity index (χ1n) is 5.86. The van der Waals surface area contributed by atoms with Gasteiger partial charge in [-0.05, 0) is 12.8 Å². The summed E-state index contributed by atoms with van der Waals surface area (Å²) in [6.07, 6.45) is 3.71.